The monoisotopic (exact) mass is 340 g/mol. The first-order valence-electron chi connectivity index (χ1n) is 6.31. The Balaban J connectivity index is 2.00. The van der Waals surface area contributed by atoms with E-state index in [0.717, 1.165) is 4.90 Å². The van der Waals surface area contributed by atoms with Crippen LogP contribution in [0, 0.1) is 6.92 Å². The summed E-state index contributed by atoms with van der Waals surface area (Å²) in [5.74, 6) is 0.166. The topological polar surface area (TPSA) is 42.0 Å². The number of benzene rings is 1. The van der Waals surface area contributed by atoms with Crippen molar-refractivity contribution < 1.29 is 4.79 Å². The highest BCUT2D eigenvalue weighted by Crippen LogP contribution is 2.26. The van der Waals surface area contributed by atoms with Gasteiger partial charge in [0.25, 0.3) is 0 Å². The van der Waals surface area contributed by atoms with E-state index in [4.69, 9.17) is 23.2 Å². The van der Waals surface area contributed by atoms with Gasteiger partial charge in [-0.2, -0.15) is 0 Å². The Morgan fingerprint density at radius 2 is 1.95 bits per heavy atom. The highest BCUT2D eigenvalue weighted by atomic mass is 35.5. The van der Waals surface area contributed by atoms with Gasteiger partial charge in [0.2, 0.25) is 5.91 Å². The molecule has 1 N–H and O–H groups in total. The fourth-order valence-electron chi connectivity index (χ4n) is 1.60. The third kappa shape index (κ3) is 4.63. The molecule has 2 aromatic rings. The van der Waals surface area contributed by atoms with Crippen molar-refractivity contribution in [3.63, 3.8) is 0 Å². The van der Waals surface area contributed by atoms with Crippen LogP contribution in [0.4, 0.5) is 5.82 Å². The van der Waals surface area contributed by atoms with Crippen molar-refractivity contribution in [2.75, 3.05) is 5.32 Å². The van der Waals surface area contributed by atoms with Gasteiger partial charge in [0.05, 0.1) is 15.3 Å². The lowest BCUT2D eigenvalue weighted by atomic mass is 10.2. The van der Waals surface area contributed by atoms with Crippen molar-refractivity contribution in [1.29, 1.82) is 0 Å². The number of aryl methyl sites for hydroxylation is 1. The number of aromatic nitrogens is 1. The molecule has 0 aliphatic carbocycles. The minimum Gasteiger partial charge on any atom is -0.308 e. The maximum atomic E-state index is 12.2. The van der Waals surface area contributed by atoms with E-state index in [1.807, 2.05) is 38.1 Å². The Hall–Kier alpha value is -1.23. The predicted octanol–water partition coefficient (Wildman–Crippen LogP) is 4.82. The Morgan fingerprint density at radius 3 is 2.57 bits per heavy atom. The molecule has 1 aromatic carbocycles. The van der Waals surface area contributed by atoms with Gasteiger partial charge in [-0.15, -0.1) is 11.8 Å². The highest BCUT2D eigenvalue weighted by Gasteiger charge is 2.16. The zero-order valence-electron chi connectivity index (χ0n) is 11.6. The van der Waals surface area contributed by atoms with Gasteiger partial charge in [-0.1, -0.05) is 40.9 Å². The van der Waals surface area contributed by atoms with E-state index < -0.39 is 0 Å². The average molecular weight is 341 g/mol. The van der Waals surface area contributed by atoms with Crippen LogP contribution in [0.3, 0.4) is 0 Å². The molecule has 3 nitrogen and oxygen atoms in total. The van der Waals surface area contributed by atoms with Gasteiger partial charge in [0.15, 0.2) is 5.82 Å². The minimum atomic E-state index is -0.263. The van der Waals surface area contributed by atoms with Crippen LogP contribution in [0.15, 0.2) is 41.4 Å². The van der Waals surface area contributed by atoms with E-state index in [-0.39, 0.29) is 11.2 Å². The SMILES string of the molecule is Cc1ccc(SC(C)C(=O)Nc2ncc(Cl)cc2Cl)cc1. The lowest BCUT2D eigenvalue weighted by Crippen LogP contribution is -2.23. The Labute approximate surface area is 138 Å². The van der Waals surface area contributed by atoms with E-state index in [0.29, 0.717) is 15.9 Å². The third-order valence-electron chi connectivity index (χ3n) is 2.75. The summed E-state index contributed by atoms with van der Waals surface area (Å²) in [6.45, 7) is 3.86. The minimum absolute atomic E-state index is 0.155. The van der Waals surface area contributed by atoms with Crippen molar-refractivity contribution in [3.05, 3.63) is 52.1 Å². The lowest BCUT2D eigenvalue weighted by molar-refractivity contribution is -0.115. The summed E-state index contributed by atoms with van der Waals surface area (Å²) >= 11 is 13.2. The van der Waals surface area contributed by atoms with Crippen LogP contribution in [0.25, 0.3) is 0 Å². The molecule has 0 saturated carbocycles. The fraction of sp³-hybridized carbons (Fsp3) is 0.200. The van der Waals surface area contributed by atoms with Gasteiger partial charge in [-0.05, 0) is 32.0 Å². The number of hydrogen-bond acceptors (Lipinski definition) is 3. The van der Waals surface area contributed by atoms with Gasteiger partial charge in [0.1, 0.15) is 0 Å². The molecule has 0 spiro atoms. The van der Waals surface area contributed by atoms with E-state index in [2.05, 4.69) is 10.3 Å². The maximum absolute atomic E-state index is 12.2. The first kappa shape index (κ1) is 16.1. The van der Waals surface area contributed by atoms with Crippen molar-refractivity contribution >= 4 is 46.7 Å². The summed E-state index contributed by atoms with van der Waals surface area (Å²) in [5, 5.41) is 3.20. The molecule has 6 heteroatoms. The largest absolute Gasteiger partial charge is 0.308 e. The first-order valence-corrected chi connectivity index (χ1v) is 7.94. The number of carbonyl (C=O) groups excluding carboxylic acids is 1. The zero-order valence-corrected chi connectivity index (χ0v) is 13.9. The molecule has 2 rings (SSSR count). The second kappa shape index (κ2) is 7.16. The quantitative estimate of drug-likeness (QED) is 0.811. The number of amides is 1. The van der Waals surface area contributed by atoms with Crippen LogP contribution < -0.4 is 5.32 Å². The number of hydrogen-bond donors (Lipinski definition) is 1. The van der Waals surface area contributed by atoms with Gasteiger partial charge < -0.3 is 5.32 Å². The highest BCUT2D eigenvalue weighted by molar-refractivity contribution is 8.00. The van der Waals surface area contributed by atoms with Gasteiger partial charge in [-0.3, -0.25) is 4.79 Å². The van der Waals surface area contributed by atoms with Crippen molar-refractivity contribution in [1.82, 2.24) is 4.98 Å². The van der Waals surface area contributed by atoms with Crippen LogP contribution in [0.1, 0.15) is 12.5 Å². The summed E-state index contributed by atoms with van der Waals surface area (Å²) in [6, 6.07) is 9.58. The Bertz CT molecular complexity index is 647. The summed E-state index contributed by atoms with van der Waals surface area (Å²) in [5.41, 5.74) is 1.19. The van der Waals surface area contributed by atoms with Crippen molar-refractivity contribution in [2.24, 2.45) is 0 Å². The summed E-state index contributed by atoms with van der Waals surface area (Å²) < 4.78 is 0. The standard InChI is InChI=1S/C15H14Cl2N2OS/c1-9-3-5-12(6-4-9)21-10(2)15(20)19-14-13(17)7-11(16)8-18-14/h3-8,10H,1-2H3,(H,18,19,20). The molecule has 1 amide bonds. The number of pyridine rings is 1. The number of halogens is 2. The number of nitrogens with one attached hydrogen (secondary N) is 1. The van der Waals surface area contributed by atoms with Gasteiger partial charge in [-0.25, -0.2) is 4.98 Å². The van der Waals surface area contributed by atoms with E-state index in [1.165, 1.54) is 23.5 Å². The molecule has 0 aliphatic rings. The zero-order chi connectivity index (χ0) is 15.4. The molecular weight excluding hydrogens is 327 g/mol. The van der Waals surface area contributed by atoms with Crippen molar-refractivity contribution in [2.45, 2.75) is 24.0 Å². The van der Waals surface area contributed by atoms with Gasteiger partial charge >= 0.3 is 0 Å². The molecular formula is C15H14Cl2N2OS. The summed E-state index contributed by atoms with van der Waals surface area (Å²) in [4.78, 5) is 17.2. The number of nitrogens with zero attached hydrogens (tertiary/aromatic N) is 1. The van der Waals surface area contributed by atoms with Crippen LogP contribution in [-0.4, -0.2) is 16.1 Å². The van der Waals surface area contributed by atoms with Gasteiger partial charge in [0, 0.05) is 11.1 Å². The summed E-state index contributed by atoms with van der Waals surface area (Å²) in [7, 11) is 0. The van der Waals surface area contributed by atoms with Crippen LogP contribution >= 0.6 is 35.0 Å². The average Bonchev–Trinajstić information content (AvgIpc) is 2.44. The van der Waals surface area contributed by atoms with Crippen molar-refractivity contribution in [3.8, 4) is 0 Å². The third-order valence-corrected chi connectivity index (χ3v) is 4.36. The molecule has 21 heavy (non-hydrogen) atoms. The molecule has 110 valence electrons. The fourth-order valence-corrected chi connectivity index (χ4v) is 2.89. The number of carbonyl (C=O) groups is 1. The first-order chi connectivity index (χ1) is 9.95. The Kier molecular flexibility index (Phi) is 5.51. The molecule has 1 heterocycles. The Morgan fingerprint density at radius 1 is 1.29 bits per heavy atom. The molecule has 1 aromatic heterocycles. The van der Waals surface area contributed by atoms with E-state index in [1.54, 1.807) is 6.07 Å². The molecule has 1 atom stereocenters. The normalized spacial score (nSPS) is 12.0. The second-order valence-corrected chi connectivity index (χ2v) is 6.80. The van der Waals surface area contributed by atoms with Crippen LogP contribution in [0.2, 0.25) is 10.0 Å². The molecule has 0 saturated heterocycles. The van der Waals surface area contributed by atoms with E-state index >= 15 is 0 Å². The number of rotatable bonds is 4. The molecule has 0 aliphatic heterocycles. The molecule has 0 fully saturated rings. The smallest absolute Gasteiger partial charge is 0.238 e. The lowest BCUT2D eigenvalue weighted by Gasteiger charge is -2.12. The second-order valence-electron chi connectivity index (χ2n) is 4.55. The maximum Gasteiger partial charge on any atom is 0.238 e. The number of anilines is 1. The summed E-state index contributed by atoms with van der Waals surface area (Å²) in [6.07, 6.45) is 1.45. The molecule has 0 radical (unpaired) electrons. The van der Waals surface area contributed by atoms with Crippen LogP contribution in [-0.2, 0) is 4.79 Å². The van der Waals surface area contributed by atoms with Crippen LogP contribution in [0.5, 0.6) is 0 Å². The molecule has 0 bridgehead atoms. The predicted molar refractivity (Wildman–Crippen MR) is 89.4 cm³/mol. The molecule has 1 unspecified atom stereocenters. The van der Waals surface area contributed by atoms with E-state index in [9.17, 15) is 4.79 Å². The number of thioether (sulfide) groups is 1.